The molecule has 0 N–H and O–H groups in total. The number of thioether (sulfide) groups is 1. The van der Waals surface area contributed by atoms with Gasteiger partial charge in [-0.25, -0.2) is 4.98 Å². The van der Waals surface area contributed by atoms with Crippen LogP contribution in [0.5, 0.6) is 5.75 Å². The Balaban J connectivity index is 2.58. The molecule has 3 heteroatoms. The maximum absolute atomic E-state index is 5.82. The Labute approximate surface area is 130 Å². The van der Waals surface area contributed by atoms with Crippen LogP contribution in [0.1, 0.15) is 32.0 Å². The first-order valence-corrected chi connectivity index (χ1v) is 8.06. The number of aryl methyl sites for hydroxylation is 1. The maximum Gasteiger partial charge on any atom is 0.130 e. The Morgan fingerprint density at radius 3 is 2.76 bits per heavy atom. The van der Waals surface area contributed by atoms with Crippen LogP contribution in [0, 0.1) is 6.92 Å². The molecular formula is C18H21NOS. The van der Waals surface area contributed by atoms with Crippen LogP contribution >= 0.6 is 11.8 Å². The predicted octanol–water partition coefficient (Wildman–Crippen LogP) is 5.57. The minimum atomic E-state index is 0.652. The van der Waals surface area contributed by atoms with E-state index in [4.69, 9.17) is 9.72 Å². The van der Waals surface area contributed by atoms with Crippen molar-refractivity contribution in [2.75, 3.05) is 6.61 Å². The second kappa shape index (κ2) is 7.32. The smallest absolute Gasteiger partial charge is 0.130 e. The number of nitrogens with zero attached hydrogens (tertiary/aromatic N) is 1. The average molecular weight is 299 g/mol. The minimum Gasteiger partial charge on any atom is -0.493 e. The third-order valence-electron chi connectivity index (χ3n) is 3.07. The molecule has 2 nitrogen and oxygen atoms in total. The molecule has 0 fully saturated rings. The summed E-state index contributed by atoms with van der Waals surface area (Å²) in [4.78, 5) is 5.92. The fraction of sp³-hybridized carbons (Fsp3) is 0.278. The molecule has 0 saturated carbocycles. The molecular weight excluding hydrogens is 278 g/mol. The van der Waals surface area contributed by atoms with E-state index in [1.807, 2.05) is 32.9 Å². The summed E-state index contributed by atoms with van der Waals surface area (Å²) in [7, 11) is 0. The highest BCUT2D eigenvalue weighted by Gasteiger charge is 2.10. The Hall–Kier alpha value is -1.74. The zero-order chi connectivity index (χ0) is 15.2. The van der Waals surface area contributed by atoms with E-state index in [0.29, 0.717) is 6.61 Å². The SMILES string of the molecule is C/C=C\S/C(=C\C)c1cc(OCC)c2cc(C)ccc2n1. The van der Waals surface area contributed by atoms with Gasteiger partial charge in [0.15, 0.2) is 0 Å². The van der Waals surface area contributed by atoms with Crippen LogP contribution in [0.15, 0.2) is 41.8 Å². The Bertz CT molecular complexity index is 689. The lowest BCUT2D eigenvalue weighted by Gasteiger charge is -2.11. The standard InChI is InChI=1S/C18H21NOS/c1-5-10-21-18(6-2)16-12-17(20-7-3)14-11-13(4)8-9-15(14)19-16/h5-6,8-12H,7H2,1-4H3/b10-5-,18-6-. The van der Waals surface area contributed by atoms with Gasteiger partial charge in [-0.3, -0.25) is 0 Å². The van der Waals surface area contributed by atoms with Crippen molar-refractivity contribution < 1.29 is 4.74 Å². The van der Waals surface area contributed by atoms with Crippen LogP contribution in [0.2, 0.25) is 0 Å². The lowest BCUT2D eigenvalue weighted by molar-refractivity contribution is 0.344. The Morgan fingerprint density at radius 2 is 2.10 bits per heavy atom. The molecule has 110 valence electrons. The fourth-order valence-electron chi connectivity index (χ4n) is 2.13. The van der Waals surface area contributed by atoms with E-state index in [1.165, 1.54) is 5.56 Å². The molecule has 2 aromatic rings. The lowest BCUT2D eigenvalue weighted by Crippen LogP contribution is -1.96. The molecule has 21 heavy (non-hydrogen) atoms. The van der Waals surface area contributed by atoms with E-state index in [-0.39, 0.29) is 0 Å². The van der Waals surface area contributed by atoms with Crippen molar-refractivity contribution in [3.05, 3.63) is 53.1 Å². The van der Waals surface area contributed by atoms with Crippen molar-refractivity contribution in [1.29, 1.82) is 0 Å². The number of benzene rings is 1. The van der Waals surface area contributed by atoms with Gasteiger partial charge in [-0.1, -0.05) is 35.5 Å². The van der Waals surface area contributed by atoms with Gasteiger partial charge in [-0.15, -0.1) is 0 Å². The van der Waals surface area contributed by atoms with Gasteiger partial charge in [0.05, 0.1) is 17.8 Å². The molecule has 0 unspecified atom stereocenters. The summed E-state index contributed by atoms with van der Waals surface area (Å²) in [6.45, 7) is 8.80. The van der Waals surface area contributed by atoms with Crippen molar-refractivity contribution in [3.8, 4) is 5.75 Å². The average Bonchev–Trinajstić information content (AvgIpc) is 2.49. The third kappa shape index (κ3) is 3.67. The van der Waals surface area contributed by atoms with Crippen molar-refractivity contribution in [2.45, 2.75) is 27.7 Å². The third-order valence-corrected chi connectivity index (χ3v) is 4.18. The van der Waals surface area contributed by atoms with Gasteiger partial charge in [0.1, 0.15) is 5.75 Å². The number of fused-ring (bicyclic) bond motifs is 1. The van der Waals surface area contributed by atoms with Gasteiger partial charge in [0, 0.05) is 16.4 Å². The minimum absolute atomic E-state index is 0.652. The van der Waals surface area contributed by atoms with Crippen LogP contribution in [-0.2, 0) is 0 Å². The summed E-state index contributed by atoms with van der Waals surface area (Å²) in [5.74, 6) is 0.904. The van der Waals surface area contributed by atoms with E-state index in [1.54, 1.807) is 11.8 Å². The number of hydrogen-bond donors (Lipinski definition) is 0. The Kier molecular flexibility index (Phi) is 5.45. The van der Waals surface area contributed by atoms with Crippen LogP contribution in [0.25, 0.3) is 15.8 Å². The quantitative estimate of drug-likeness (QED) is 0.720. The monoisotopic (exact) mass is 299 g/mol. The molecule has 0 bridgehead atoms. The van der Waals surface area contributed by atoms with Crippen LogP contribution < -0.4 is 4.74 Å². The van der Waals surface area contributed by atoms with E-state index in [0.717, 1.165) is 27.3 Å². The van der Waals surface area contributed by atoms with Crippen molar-refractivity contribution in [2.24, 2.45) is 0 Å². The number of aromatic nitrogens is 1. The van der Waals surface area contributed by atoms with Crippen molar-refractivity contribution in [1.82, 2.24) is 4.98 Å². The van der Waals surface area contributed by atoms with E-state index >= 15 is 0 Å². The zero-order valence-electron chi connectivity index (χ0n) is 13.0. The first kappa shape index (κ1) is 15.6. The lowest BCUT2D eigenvalue weighted by atomic mass is 10.1. The second-order valence-corrected chi connectivity index (χ2v) is 5.65. The number of allylic oxidation sites excluding steroid dienone is 2. The van der Waals surface area contributed by atoms with Gasteiger partial charge in [0.2, 0.25) is 0 Å². The Morgan fingerprint density at radius 1 is 1.29 bits per heavy atom. The molecule has 1 aromatic heterocycles. The highest BCUT2D eigenvalue weighted by molar-refractivity contribution is 8.10. The maximum atomic E-state index is 5.82. The topological polar surface area (TPSA) is 22.1 Å². The highest BCUT2D eigenvalue weighted by atomic mass is 32.2. The molecule has 0 aliphatic carbocycles. The molecule has 0 aliphatic heterocycles. The van der Waals surface area contributed by atoms with Gasteiger partial charge in [-0.2, -0.15) is 0 Å². The molecule has 0 radical (unpaired) electrons. The number of hydrogen-bond acceptors (Lipinski definition) is 3. The second-order valence-electron chi connectivity index (χ2n) is 4.70. The van der Waals surface area contributed by atoms with E-state index < -0.39 is 0 Å². The van der Waals surface area contributed by atoms with Crippen LogP contribution in [0.4, 0.5) is 0 Å². The number of pyridine rings is 1. The highest BCUT2D eigenvalue weighted by Crippen LogP contribution is 2.33. The summed E-state index contributed by atoms with van der Waals surface area (Å²) in [6.07, 6.45) is 4.12. The normalized spacial score (nSPS) is 12.3. The van der Waals surface area contributed by atoms with Crippen molar-refractivity contribution >= 4 is 27.6 Å². The number of ether oxygens (including phenoxy) is 1. The van der Waals surface area contributed by atoms with Crippen LogP contribution in [0.3, 0.4) is 0 Å². The van der Waals surface area contributed by atoms with Crippen molar-refractivity contribution in [3.63, 3.8) is 0 Å². The molecule has 0 spiro atoms. The molecule has 0 saturated heterocycles. The largest absolute Gasteiger partial charge is 0.493 e. The first-order valence-electron chi connectivity index (χ1n) is 7.18. The summed E-state index contributed by atoms with van der Waals surface area (Å²) in [6, 6.07) is 8.32. The van der Waals surface area contributed by atoms with E-state index in [9.17, 15) is 0 Å². The molecule has 0 amide bonds. The number of rotatable bonds is 5. The summed E-state index contributed by atoms with van der Waals surface area (Å²) in [5.41, 5.74) is 3.15. The molecule has 2 rings (SSSR count). The van der Waals surface area contributed by atoms with Gasteiger partial charge in [-0.05, 0) is 45.2 Å². The summed E-state index contributed by atoms with van der Waals surface area (Å²) < 4.78 is 5.82. The molecule has 1 heterocycles. The first-order chi connectivity index (χ1) is 10.2. The molecule has 0 aliphatic rings. The summed E-state index contributed by atoms with van der Waals surface area (Å²) in [5, 5.41) is 3.14. The predicted molar refractivity (Wildman–Crippen MR) is 93.7 cm³/mol. The van der Waals surface area contributed by atoms with Gasteiger partial charge >= 0.3 is 0 Å². The molecule has 0 atom stereocenters. The zero-order valence-corrected chi connectivity index (χ0v) is 13.8. The van der Waals surface area contributed by atoms with E-state index in [2.05, 4.69) is 36.6 Å². The summed E-state index contributed by atoms with van der Waals surface area (Å²) >= 11 is 1.68. The van der Waals surface area contributed by atoms with Gasteiger partial charge < -0.3 is 4.74 Å². The van der Waals surface area contributed by atoms with Gasteiger partial charge in [0.25, 0.3) is 0 Å². The van der Waals surface area contributed by atoms with Crippen LogP contribution in [-0.4, -0.2) is 11.6 Å². The fourth-order valence-corrected chi connectivity index (χ4v) is 2.77. The molecule has 1 aromatic carbocycles.